The van der Waals surface area contributed by atoms with Crippen LogP contribution < -0.4 is 5.32 Å². The van der Waals surface area contributed by atoms with Crippen molar-refractivity contribution >= 4 is 27.3 Å². The van der Waals surface area contributed by atoms with E-state index in [1.807, 2.05) is 12.1 Å². The van der Waals surface area contributed by atoms with Crippen molar-refractivity contribution in [1.82, 2.24) is 5.32 Å². The maximum Gasteiger partial charge on any atom is 0.406 e. The van der Waals surface area contributed by atoms with Crippen molar-refractivity contribution in [3.05, 3.63) is 20.8 Å². The molecule has 1 aliphatic carbocycles. The highest BCUT2D eigenvalue weighted by atomic mass is 79.9. The molecule has 6 heteroatoms. The van der Waals surface area contributed by atoms with Crippen LogP contribution in [-0.2, 0) is 6.54 Å². The number of thiophene rings is 1. The maximum atomic E-state index is 12.5. The van der Waals surface area contributed by atoms with E-state index in [4.69, 9.17) is 0 Å². The Bertz CT molecular complexity index is 356. The van der Waals surface area contributed by atoms with Gasteiger partial charge in [0, 0.05) is 11.4 Å². The lowest BCUT2D eigenvalue weighted by Gasteiger charge is -2.20. The fourth-order valence-electron chi connectivity index (χ4n) is 1.39. The second kappa shape index (κ2) is 3.75. The summed E-state index contributed by atoms with van der Waals surface area (Å²) >= 11 is 4.73. The molecule has 1 aromatic heterocycles. The van der Waals surface area contributed by atoms with E-state index in [9.17, 15) is 13.2 Å². The molecule has 1 aromatic rings. The Kier molecular flexibility index (Phi) is 2.85. The molecule has 0 amide bonds. The van der Waals surface area contributed by atoms with Crippen molar-refractivity contribution in [2.45, 2.75) is 31.1 Å². The van der Waals surface area contributed by atoms with E-state index >= 15 is 0 Å². The van der Waals surface area contributed by atoms with Crippen LogP contribution in [0.2, 0.25) is 0 Å². The summed E-state index contributed by atoms with van der Waals surface area (Å²) in [6.07, 6.45) is -3.73. The summed E-state index contributed by atoms with van der Waals surface area (Å²) in [5.74, 6) is 0. The number of rotatable bonds is 3. The van der Waals surface area contributed by atoms with Crippen LogP contribution in [0.15, 0.2) is 15.9 Å². The highest BCUT2D eigenvalue weighted by Gasteiger charge is 2.62. The van der Waals surface area contributed by atoms with Crippen molar-refractivity contribution in [3.8, 4) is 0 Å². The van der Waals surface area contributed by atoms with Gasteiger partial charge in [-0.1, -0.05) is 0 Å². The zero-order chi connectivity index (χ0) is 11.1. The van der Waals surface area contributed by atoms with E-state index in [-0.39, 0.29) is 19.4 Å². The SMILES string of the molecule is FC(F)(F)C1(NCc2ccc(Br)s2)CC1. The summed E-state index contributed by atoms with van der Waals surface area (Å²) in [5.41, 5.74) is -1.61. The second-order valence-corrected chi connectivity index (χ2v) is 6.19. The average molecular weight is 300 g/mol. The summed E-state index contributed by atoms with van der Waals surface area (Å²) in [7, 11) is 0. The van der Waals surface area contributed by atoms with Crippen LogP contribution in [0.1, 0.15) is 17.7 Å². The first-order chi connectivity index (χ1) is 6.93. The van der Waals surface area contributed by atoms with Crippen molar-refractivity contribution in [3.63, 3.8) is 0 Å². The van der Waals surface area contributed by atoms with Gasteiger partial charge in [-0.15, -0.1) is 11.3 Å². The molecule has 84 valence electrons. The number of alkyl halides is 3. The maximum absolute atomic E-state index is 12.5. The first-order valence-corrected chi connectivity index (χ1v) is 6.10. The Morgan fingerprint density at radius 3 is 2.47 bits per heavy atom. The summed E-state index contributed by atoms with van der Waals surface area (Å²) < 4.78 is 38.5. The van der Waals surface area contributed by atoms with E-state index in [1.54, 1.807) is 0 Å². The van der Waals surface area contributed by atoms with Crippen LogP contribution in [0.25, 0.3) is 0 Å². The van der Waals surface area contributed by atoms with Crippen molar-refractivity contribution in [2.24, 2.45) is 0 Å². The van der Waals surface area contributed by atoms with Gasteiger partial charge >= 0.3 is 6.18 Å². The summed E-state index contributed by atoms with van der Waals surface area (Å²) in [4.78, 5) is 0.914. The van der Waals surface area contributed by atoms with E-state index in [2.05, 4.69) is 21.2 Å². The van der Waals surface area contributed by atoms with Gasteiger partial charge in [-0.2, -0.15) is 13.2 Å². The Morgan fingerprint density at radius 1 is 1.40 bits per heavy atom. The van der Waals surface area contributed by atoms with Gasteiger partial charge in [0.05, 0.1) is 3.79 Å². The third-order valence-electron chi connectivity index (χ3n) is 2.52. The number of nitrogens with one attached hydrogen (secondary N) is 1. The lowest BCUT2D eigenvalue weighted by molar-refractivity contribution is -0.166. The third-order valence-corrected chi connectivity index (χ3v) is 4.15. The van der Waals surface area contributed by atoms with Gasteiger partial charge in [0.2, 0.25) is 0 Å². The van der Waals surface area contributed by atoms with E-state index < -0.39 is 11.7 Å². The molecule has 0 radical (unpaired) electrons. The molecule has 0 spiro atoms. The second-order valence-electron chi connectivity index (χ2n) is 3.64. The zero-order valence-corrected chi connectivity index (χ0v) is 10.1. The molecule has 0 unspecified atom stereocenters. The van der Waals surface area contributed by atoms with Gasteiger partial charge in [-0.05, 0) is 40.9 Å². The van der Waals surface area contributed by atoms with Gasteiger partial charge in [0.25, 0.3) is 0 Å². The predicted molar refractivity (Wildman–Crippen MR) is 56.9 cm³/mol. The Hall–Kier alpha value is -0.0700. The van der Waals surface area contributed by atoms with Crippen molar-refractivity contribution < 1.29 is 13.2 Å². The molecule has 0 saturated heterocycles. The minimum absolute atomic E-state index is 0.197. The molecule has 0 atom stereocenters. The standard InChI is InChI=1S/C9H9BrF3NS/c10-7-2-1-6(15-7)5-14-8(3-4-8)9(11,12)13/h1-2,14H,3-5H2. The first kappa shape index (κ1) is 11.4. The van der Waals surface area contributed by atoms with Gasteiger partial charge in [-0.3, -0.25) is 5.32 Å². The van der Waals surface area contributed by atoms with Crippen LogP contribution in [0.5, 0.6) is 0 Å². The van der Waals surface area contributed by atoms with Gasteiger partial charge in [0.1, 0.15) is 5.54 Å². The summed E-state index contributed by atoms with van der Waals surface area (Å²) in [5, 5.41) is 2.60. The topological polar surface area (TPSA) is 12.0 Å². The first-order valence-electron chi connectivity index (χ1n) is 4.49. The molecule has 1 saturated carbocycles. The lowest BCUT2D eigenvalue weighted by Crippen LogP contribution is -2.44. The monoisotopic (exact) mass is 299 g/mol. The van der Waals surface area contributed by atoms with E-state index in [1.165, 1.54) is 11.3 Å². The minimum Gasteiger partial charge on any atom is -0.299 e. The normalized spacial score (nSPS) is 19.2. The van der Waals surface area contributed by atoms with Gasteiger partial charge in [-0.25, -0.2) is 0 Å². The van der Waals surface area contributed by atoms with Crippen LogP contribution in [0.3, 0.4) is 0 Å². The molecule has 1 N–H and O–H groups in total. The Morgan fingerprint density at radius 2 is 2.07 bits per heavy atom. The molecular weight excluding hydrogens is 291 g/mol. The van der Waals surface area contributed by atoms with Gasteiger partial charge < -0.3 is 0 Å². The number of hydrogen-bond acceptors (Lipinski definition) is 2. The zero-order valence-electron chi connectivity index (χ0n) is 7.70. The van der Waals surface area contributed by atoms with Crippen LogP contribution >= 0.6 is 27.3 Å². The van der Waals surface area contributed by atoms with Gasteiger partial charge in [0.15, 0.2) is 0 Å². The summed E-state index contributed by atoms with van der Waals surface area (Å²) in [6, 6.07) is 3.67. The van der Waals surface area contributed by atoms with E-state index in [0.717, 1.165) is 8.66 Å². The smallest absolute Gasteiger partial charge is 0.299 e. The fourth-order valence-corrected chi connectivity index (χ4v) is 2.81. The number of hydrogen-bond donors (Lipinski definition) is 1. The molecule has 2 rings (SSSR count). The van der Waals surface area contributed by atoms with Crippen LogP contribution in [0, 0.1) is 0 Å². The molecule has 0 aliphatic heterocycles. The van der Waals surface area contributed by atoms with Crippen molar-refractivity contribution in [2.75, 3.05) is 0 Å². The predicted octanol–water partition coefficient (Wildman–Crippen LogP) is 3.70. The highest BCUT2D eigenvalue weighted by Crippen LogP contribution is 2.49. The molecule has 0 bridgehead atoms. The average Bonchev–Trinajstić information content (AvgIpc) is 2.82. The molecule has 1 fully saturated rings. The largest absolute Gasteiger partial charge is 0.406 e. The third kappa shape index (κ3) is 2.37. The fraction of sp³-hybridized carbons (Fsp3) is 0.556. The molecular formula is C9H9BrF3NS. The van der Waals surface area contributed by atoms with Crippen LogP contribution in [0.4, 0.5) is 13.2 Å². The number of halogens is 4. The quantitative estimate of drug-likeness (QED) is 0.897. The van der Waals surface area contributed by atoms with Crippen LogP contribution in [-0.4, -0.2) is 11.7 Å². The molecule has 15 heavy (non-hydrogen) atoms. The molecule has 0 aromatic carbocycles. The highest BCUT2D eigenvalue weighted by molar-refractivity contribution is 9.11. The molecule has 1 aliphatic rings. The van der Waals surface area contributed by atoms with Crippen molar-refractivity contribution in [1.29, 1.82) is 0 Å². The Balaban J connectivity index is 1.94. The summed E-state index contributed by atoms with van der Waals surface area (Å²) in [6.45, 7) is 0.287. The van der Waals surface area contributed by atoms with E-state index in [0.29, 0.717) is 0 Å². The molecule has 1 heterocycles. The lowest BCUT2D eigenvalue weighted by atomic mass is 10.2. The molecule has 1 nitrogen and oxygen atoms in total. The Labute approximate surface area is 97.8 Å². The minimum atomic E-state index is -4.12.